The molecule has 2 bridgehead atoms. The highest BCUT2D eigenvalue weighted by molar-refractivity contribution is 5.94. The normalized spacial score (nSPS) is 25.7. The second-order valence-electron chi connectivity index (χ2n) is 6.06. The Bertz CT molecular complexity index is 566. The SMILES string of the molecule is COc1ccc(C(=O)N2C[C@@H]3COC[C@H](C2)N(C)C3)cc1F. The van der Waals surface area contributed by atoms with Crippen molar-refractivity contribution in [2.75, 3.05) is 47.0 Å². The average Bonchev–Trinajstić information content (AvgIpc) is 2.74. The van der Waals surface area contributed by atoms with Gasteiger partial charge in [0.25, 0.3) is 5.91 Å². The predicted octanol–water partition coefficient (Wildman–Crippen LogP) is 1.24. The van der Waals surface area contributed by atoms with E-state index in [4.69, 9.17) is 9.47 Å². The van der Waals surface area contributed by atoms with Crippen molar-refractivity contribution >= 4 is 5.91 Å². The van der Waals surface area contributed by atoms with Crippen LogP contribution in [0.1, 0.15) is 10.4 Å². The summed E-state index contributed by atoms with van der Waals surface area (Å²) in [4.78, 5) is 16.8. The van der Waals surface area contributed by atoms with E-state index in [1.54, 1.807) is 6.07 Å². The van der Waals surface area contributed by atoms with Crippen molar-refractivity contribution in [1.82, 2.24) is 9.80 Å². The van der Waals surface area contributed by atoms with Crippen molar-refractivity contribution in [3.05, 3.63) is 29.6 Å². The van der Waals surface area contributed by atoms with Crippen LogP contribution in [0.15, 0.2) is 18.2 Å². The van der Waals surface area contributed by atoms with Crippen LogP contribution in [0.3, 0.4) is 0 Å². The number of nitrogens with zero attached hydrogens (tertiary/aromatic N) is 2. The molecular weight excluding hydrogens is 287 g/mol. The van der Waals surface area contributed by atoms with Gasteiger partial charge in [-0.3, -0.25) is 9.69 Å². The van der Waals surface area contributed by atoms with Gasteiger partial charge >= 0.3 is 0 Å². The van der Waals surface area contributed by atoms with Crippen LogP contribution in [0.25, 0.3) is 0 Å². The minimum atomic E-state index is -0.510. The number of methoxy groups -OCH3 is 1. The molecule has 2 saturated heterocycles. The first-order valence-corrected chi connectivity index (χ1v) is 7.49. The maximum absolute atomic E-state index is 13.8. The molecule has 2 fully saturated rings. The van der Waals surface area contributed by atoms with Crippen LogP contribution < -0.4 is 4.74 Å². The highest BCUT2D eigenvalue weighted by Gasteiger charge is 2.33. The van der Waals surface area contributed by atoms with Crippen molar-refractivity contribution in [1.29, 1.82) is 0 Å². The Morgan fingerprint density at radius 3 is 2.86 bits per heavy atom. The number of amides is 1. The van der Waals surface area contributed by atoms with Crippen LogP contribution >= 0.6 is 0 Å². The first-order chi connectivity index (χ1) is 10.6. The number of rotatable bonds is 2. The fraction of sp³-hybridized carbons (Fsp3) is 0.562. The maximum Gasteiger partial charge on any atom is 0.254 e. The minimum absolute atomic E-state index is 0.131. The Kier molecular flexibility index (Phi) is 4.31. The molecular formula is C16H21FN2O3. The van der Waals surface area contributed by atoms with Crippen molar-refractivity contribution in [2.24, 2.45) is 5.92 Å². The van der Waals surface area contributed by atoms with E-state index in [1.807, 2.05) is 4.90 Å². The van der Waals surface area contributed by atoms with Crippen molar-refractivity contribution in [3.63, 3.8) is 0 Å². The average molecular weight is 308 g/mol. The number of halogens is 1. The largest absolute Gasteiger partial charge is 0.494 e. The molecule has 1 aromatic rings. The zero-order valence-electron chi connectivity index (χ0n) is 12.9. The molecule has 5 nitrogen and oxygen atoms in total. The van der Waals surface area contributed by atoms with E-state index >= 15 is 0 Å². The Labute approximate surface area is 129 Å². The van der Waals surface area contributed by atoms with Crippen LogP contribution in [0, 0.1) is 11.7 Å². The first-order valence-electron chi connectivity index (χ1n) is 7.49. The summed E-state index contributed by atoms with van der Waals surface area (Å²) in [6.45, 7) is 3.48. The third-order valence-corrected chi connectivity index (χ3v) is 4.43. The van der Waals surface area contributed by atoms with E-state index in [2.05, 4.69) is 11.9 Å². The molecule has 2 heterocycles. The lowest BCUT2D eigenvalue weighted by molar-refractivity contribution is 0.0433. The lowest BCUT2D eigenvalue weighted by Gasteiger charge is -2.29. The fourth-order valence-corrected chi connectivity index (χ4v) is 3.20. The minimum Gasteiger partial charge on any atom is -0.494 e. The zero-order valence-corrected chi connectivity index (χ0v) is 12.9. The summed E-state index contributed by atoms with van der Waals surface area (Å²) < 4.78 is 24.4. The third-order valence-electron chi connectivity index (χ3n) is 4.43. The molecule has 1 aromatic carbocycles. The van der Waals surface area contributed by atoms with Crippen LogP contribution in [0.4, 0.5) is 4.39 Å². The molecule has 0 spiro atoms. The Hall–Kier alpha value is -1.66. The number of hydrogen-bond donors (Lipinski definition) is 0. The van der Waals surface area contributed by atoms with E-state index in [0.29, 0.717) is 37.8 Å². The van der Waals surface area contributed by atoms with Crippen molar-refractivity contribution in [2.45, 2.75) is 6.04 Å². The second-order valence-corrected chi connectivity index (χ2v) is 6.06. The van der Waals surface area contributed by atoms with E-state index < -0.39 is 5.82 Å². The molecule has 6 heteroatoms. The molecule has 1 amide bonds. The molecule has 2 aliphatic heterocycles. The lowest BCUT2D eigenvalue weighted by Crippen LogP contribution is -2.44. The van der Waals surface area contributed by atoms with Gasteiger partial charge < -0.3 is 14.4 Å². The van der Waals surface area contributed by atoms with Gasteiger partial charge in [0, 0.05) is 31.1 Å². The predicted molar refractivity (Wildman–Crippen MR) is 79.6 cm³/mol. The summed E-state index contributed by atoms with van der Waals surface area (Å²) in [6, 6.07) is 4.56. The van der Waals surface area contributed by atoms with E-state index in [1.165, 1.54) is 19.2 Å². The number of fused-ring (bicyclic) bond motifs is 3. The smallest absolute Gasteiger partial charge is 0.254 e. The molecule has 0 N–H and O–H groups in total. The quantitative estimate of drug-likeness (QED) is 0.824. The lowest BCUT2D eigenvalue weighted by atomic mass is 10.1. The number of hydrogen-bond acceptors (Lipinski definition) is 4. The van der Waals surface area contributed by atoms with Crippen LogP contribution in [-0.4, -0.2) is 68.8 Å². The van der Waals surface area contributed by atoms with E-state index in [0.717, 1.165) is 6.54 Å². The van der Waals surface area contributed by atoms with Crippen molar-refractivity contribution < 1.29 is 18.7 Å². The summed E-state index contributed by atoms with van der Waals surface area (Å²) in [5.74, 6) is -0.195. The summed E-state index contributed by atoms with van der Waals surface area (Å²) >= 11 is 0. The molecule has 2 aliphatic rings. The summed E-state index contributed by atoms with van der Waals surface area (Å²) in [6.07, 6.45) is 0. The molecule has 0 aromatic heterocycles. The molecule has 2 atom stereocenters. The van der Waals surface area contributed by atoms with E-state index in [-0.39, 0.29) is 17.7 Å². The number of carbonyl (C=O) groups excluding carboxylic acids is 1. The van der Waals surface area contributed by atoms with Gasteiger partial charge in [0.15, 0.2) is 11.6 Å². The van der Waals surface area contributed by atoms with Gasteiger partial charge in [0.1, 0.15) is 0 Å². The number of benzene rings is 1. The highest BCUT2D eigenvalue weighted by Crippen LogP contribution is 2.22. The Balaban J connectivity index is 1.81. The number of ether oxygens (including phenoxy) is 2. The van der Waals surface area contributed by atoms with Gasteiger partial charge in [0.2, 0.25) is 0 Å². The second kappa shape index (κ2) is 6.22. The fourth-order valence-electron chi connectivity index (χ4n) is 3.20. The van der Waals surface area contributed by atoms with Crippen LogP contribution in [-0.2, 0) is 4.74 Å². The number of carbonyl (C=O) groups is 1. The van der Waals surface area contributed by atoms with Crippen LogP contribution in [0.5, 0.6) is 5.75 Å². The maximum atomic E-state index is 13.8. The van der Waals surface area contributed by atoms with Gasteiger partial charge in [-0.05, 0) is 25.2 Å². The molecule has 120 valence electrons. The van der Waals surface area contributed by atoms with Crippen LogP contribution in [0.2, 0.25) is 0 Å². The van der Waals surface area contributed by atoms with Crippen molar-refractivity contribution in [3.8, 4) is 5.75 Å². The first kappa shape index (κ1) is 15.2. The van der Waals surface area contributed by atoms with Gasteiger partial charge in [-0.1, -0.05) is 0 Å². The van der Waals surface area contributed by atoms with Gasteiger partial charge in [-0.15, -0.1) is 0 Å². The van der Waals surface area contributed by atoms with Gasteiger partial charge in [0.05, 0.1) is 26.4 Å². The monoisotopic (exact) mass is 308 g/mol. The molecule has 0 saturated carbocycles. The summed E-state index contributed by atoms with van der Waals surface area (Å²) in [5, 5.41) is 0. The number of likely N-dealkylation sites (N-methyl/N-ethyl adjacent to an activating group) is 1. The zero-order chi connectivity index (χ0) is 15.7. The third kappa shape index (κ3) is 2.94. The highest BCUT2D eigenvalue weighted by atomic mass is 19.1. The summed E-state index contributed by atoms with van der Waals surface area (Å²) in [5.41, 5.74) is 0.363. The Morgan fingerprint density at radius 1 is 1.32 bits per heavy atom. The molecule has 0 aliphatic carbocycles. The molecule has 0 radical (unpaired) electrons. The molecule has 3 rings (SSSR count). The Morgan fingerprint density at radius 2 is 2.14 bits per heavy atom. The molecule has 0 unspecified atom stereocenters. The van der Waals surface area contributed by atoms with Gasteiger partial charge in [-0.25, -0.2) is 4.39 Å². The van der Waals surface area contributed by atoms with E-state index in [9.17, 15) is 9.18 Å². The standard InChI is InChI=1S/C16H21FN2O3/c1-18-6-11-7-19(8-13(18)10-22-9-11)16(20)12-3-4-15(21-2)14(17)5-12/h3-5,11,13H,6-10H2,1-2H3/t11-,13+/m1/s1. The van der Waals surface area contributed by atoms with Gasteiger partial charge in [-0.2, -0.15) is 0 Å². The topological polar surface area (TPSA) is 42.0 Å². The summed E-state index contributed by atoms with van der Waals surface area (Å²) in [7, 11) is 3.47. The molecule has 22 heavy (non-hydrogen) atoms.